The fraction of sp³-hybridized carbons (Fsp3) is 0.111. The molecule has 0 spiro atoms. The Morgan fingerprint density at radius 3 is 2.57 bits per heavy atom. The third kappa shape index (κ3) is 3.23. The monoisotopic (exact) mass is 408 g/mol. The van der Waals surface area contributed by atoms with E-state index in [1.165, 1.54) is 10.8 Å². The van der Waals surface area contributed by atoms with Crippen LogP contribution in [0, 0.1) is 3.57 Å². The van der Waals surface area contributed by atoms with E-state index >= 15 is 0 Å². The van der Waals surface area contributed by atoms with Gasteiger partial charge in [0.1, 0.15) is 0 Å². The van der Waals surface area contributed by atoms with Crippen LogP contribution >= 0.6 is 34.2 Å². The van der Waals surface area contributed by atoms with Gasteiger partial charge in [-0.2, -0.15) is 0 Å². The van der Waals surface area contributed by atoms with Crippen molar-refractivity contribution in [1.29, 1.82) is 0 Å². The van der Waals surface area contributed by atoms with Crippen LogP contribution in [0.2, 0.25) is 5.02 Å². The average molecular weight is 409 g/mol. The Morgan fingerprint density at radius 1 is 1.00 bits per heavy atom. The molecule has 0 radical (unpaired) electrons. The largest absolute Gasteiger partial charge is 0.388 e. The Morgan fingerprint density at radius 2 is 1.76 bits per heavy atom. The Labute approximate surface area is 142 Å². The van der Waals surface area contributed by atoms with Crippen LogP contribution in [0.25, 0.3) is 10.8 Å². The number of fused-ring (bicyclic) bond motifs is 1. The molecular formula is C18H14ClIO. The quantitative estimate of drug-likeness (QED) is 0.577. The molecule has 0 aliphatic rings. The van der Waals surface area contributed by atoms with Crippen LogP contribution < -0.4 is 0 Å². The number of hydrogen-bond acceptors (Lipinski definition) is 1. The van der Waals surface area contributed by atoms with Crippen LogP contribution in [-0.4, -0.2) is 5.11 Å². The van der Waals surface area contributed by atoms with Crippen LogP contribution in [0.5, 0.6) is 0 Å². The molecule has 106 valence electrons. The first-order valence-electron chi connectivity index (χ1n) is 6.75. The molecule has 3 aromatic rings. The molecule has 0 amide bonds. The van der Waals surface area contributed by atoms with E-state index in [-0.39, 0.29) is 0 Å². The first kappa shape index (κ1) is 14.8. The van der Waals surface area contributed by atoms with Crippen molar-refractivity contribution >= 4 is 45.0 Å². The summed E-state index contributed by atoms with van der Waals surface area (Å²) in [5.74, 6) is 0. The minimum atomic E-state index is -0.551. The molecule has 1 N–H and O–H groups in total. The molecule has 1 unspecified atom stereocenters. The van der Waals surface area contributed by atoms with Gasteiger partial charge in [-0.15, -0.1) is 0 Å². The molecule has 0 bridgehead atoms. The molecular weight excluding hydrogens is 395 g/mol. The fourth-order valence-electron chi connectivity index (χ4n) is 2.52. The second-order valence-corrected chi connectivity index (χ2v) is 6.60. The lowest BCUT2D eigenvalue weighted by atomic mass is 9.97. The molecule has 0 saturated carbocycles. The van der Waals surface area contributed by atoms with E-state index in [2.05, 4.69) is 46.9 Å². The molecule has 0 saturated heterocycles. The molecule has 1 atom stereocenters. The molecule has 21 heavy (non-hydrogen) atoms. The summed E-state index contributed by atoms with van der Waals surface area (Å²) < 4.78 is 0.996. The van der Waals surface area contributed by atoms with Gasteiger partial charge in [0.05, 0.1) is 11.1 Å². The van der Waals surface area contributed by atoms with Crippen molar-refractivity contribution in [3.8, 4) is 0 Å². The molecule has 0 heterocycles. The highest BCUT2D eigenvalue weighted by molar-refractivity contribution is 14.1. The summed E-state index contributed by atoms with van der Waals surface area (Å²) in [5, 5.41) is 13.6. The van der Waals surface area contributed by atoms with Crippen LogP contribution in [-0.2, 0) is 6.42 Å². The van der Waals surface area contributed by atoms with Gasteiger partial charge >= 0.3 is 0 Å². The maximum Gasteiger partial charge on any atom is 0.0831 e. The van der Waals surface area contributed by atoms with Crippen molar-refractivity contribution in [1.82, 2.24) is 0 Å². The molecule has 1 nitrogen and oxygen atoms in total. The van der Waals surface area contributed by atoms with Crippen LogP contribution in [0.4, 0.5) is 0 Å². The topological polar surface area (TPSA) is 20.2 Å². The van der Waals surface area contributed by atoms with Crippen molar-refractivity contribution in [2.75, 3.05) is 0 Å². The molecule has 0 fully saturated rings. The Balaban J connectivity index is 1.92. The van der Waals surface area contributed by atoms with Crippen LogP contribution in [0.1, 0.15) is 17.2 Å². The Kier molecular flexibility index (Phi) is 4.48. The molecule has 0 aliphatic heterocycles. The summed E-state index contributed by atoms with van der Waals surface area (Å²) in [4.78, 5) is 0. The summed E-state index contributed by atoms with van der Waals surface area (Å²) >= 11 is 8.32. The smallest absolute Gasteiger partial charge is 0.0831 e. The molecule has 3 rings (SSSR count). The zero-order chi connectivity index (χ0) is 14.8. The molecule has 3 aromatic carbocycles. The van der Waals surface area contributed by atoms with Crippen molar-refractivity contribution < 1.29 is 5.11 Å². The Hall–Kier alpha value is -1.10. The summed E-state index contributed by atoms with van der Waals surface area (Å²) in [7, 11) is 0. The van der Waals surface area contributed by atoms with Gasteiger partial charge in [0.2, 0.25) is 0 Å². The SMILES string of the molecule is OC(Cc1cccc2ccccc12)c1ccc(I)c(Cl)c1. The minimum Gasteiger partial charge on any atom is -0.388 e. The molecule has 0 aromatic heterocycles. The van der Waals surface area contributed by atoms with E-state index in [9.17, 15) is 5.11 Å². The summed E-state index contributed by atoms with van der Waals surface area (Å²) in [6.07, 6.45) is 0.0310. The minimum absolute atomic E-state index is 0.551. The third-order valence-electron chi connectivity index (χ3n) is 3.62. The summed E-state index contributed by atoms with van der Waals surface area (Å²) in [6, 6.07) is 20.2. The lowest BCUT2D eigenvalue weighted by Crippen LogP contribution is -2.02. The summed E-state index contributed by atoms with van der Waals surface area (Å²) in [5.41, 5.74) is 2.00. The van der Waals surface area contributed by atoms with E-state index in [4.69, 9.17) is 11.6 Å². The highest BCUT2D eigenvalue weighted by Gasteiger charge is 2.12. The predicted molar refractivity (Wildman–Crippen MR) is 96.8 cm³/mol. The van der Waals surface area contributed by atoms with Crippen molar-refractivity contribution in [2.24, 2.45) is 0 Å². The average Bonchev–Trinajstić information content (AvgIpc) is 2.50. The zero-order valence-electron chi connectivity index (χ0n) is 11.3. The standard InChI is InChI=1S/C18H14ClIO/c19-16-10-14(8-9-17(16)20)18(21)11-13-6-3-5-12-4-1-2-7-15(12)13/h1-10,18,21H,11H2. The molecule has 0 aliphatic carbocycles. The van der Waals surface area contributed by atoms with Gasteiger partial charge in [0.15, 0.2) is 0 Å². The van der Waals surface area contributed by atoms with Gasteiger partial charge in [-0.05, 0) is 56.6 Å². The number of rotatable bonds is 3. The van der Waals surface area contributed by atoms with E-state index in [0.717, 1.165) is 14.7 Å². The lowest BCUT2D eigenvalue weighted by Gasteiger charge is -2.14. The van der Waals surface area contributed by atoms with E-state index in [0.29, 0.717) is 11.4 Å². The maximum absolute atomic E-state index is 10.5. The van der Waals surface area contributed by atoms with Gasteiger partial charge in [-0.25, -0.2) is 0 Å². The van der Waals surface area contributed by atoms with Crippen LogP contribution in [0.3, 0.4) is 0 Å². The summed E-state index contributed by atoms with van der Waals surface area (Å²) in [6.45, 7) is 0. The predicted octanol–water partition coefficient (Wildman–Crippen LogP) is 5.37. The van der Waals surface area contributed by atoms with E-state index in [1.807, 2.05) is 36.4 Å². The third-order valence-corrected chi connectivity index (χ3v) is 5.19. The van der Waals surface area contributed by atoms with Gasteiger partial charge in [-0.1, -0.05) is 60.1 Å². The zero-order valence-corrected chi connectivity index (χ0v) is 14.2. The fourth-order valence-corrected chi connectivity index (χ4v) is 3.04. The van der Waals surface area contributed by atoms with Gasteiger partial charge < -0.3 is 5.11 Å². The van der Waals surface area contributed by atoms with Gasteiger partial charge in [0, 0.05) is 9.99 Å². The Bertz CT molecular complexity index is 780. The normalized spacial score (nSPS) is 12.5. The second-order valence-electron chi connectivity index (χ2n) is 5.03. The van der Waals surface area contributed by atoms with Gasteiger partial charge in [0.25, 0.3) is 0 Å². The van der Waals surface area contributed by atoms with Crippen molar-refractivity contribution in [3.05, 3.63) is 80.4 Å². The first-order chi connectivity index (χ1) is 10.1. The highest BCUT2D eigenvalue weighted by Crippen LogP contribution is 2.27. The van der Waals surface area contributed by atoms with E-state index < -0.39 is 6.10 Å². The van der Waals surface area contributed by atoms with Crippen molar-refractivity contribution in [3.63, 3.8) is 0 Å². The highest BCUT2D eigenvalue weighted by atomic mass is 127. The first-order valence-corrected chi connectivity index (χ1v) is 8.20. The van der Waals surface area contributed by atoms with Crippen LogP contribution in [0.15, 0.2) is 60.7 Å². The number of benzene rings is 3. The molecule has 3 heteroatoms. The maximum atomic E-state index is 10.5. The number of aliphatic hydroxyl groups excluding tert-OH is 1. The number of halogens is 2. The van der Waals surface area contributed by atoms with E-state index in [1.54, 1.807) is 0 Å². The number of aliphatic hydroxyl groups is 1. The second kappa shape index (κ2) is 6.34. The number of hydrogen-bond donors (Lipinski definition) is 1. The lowest BCUT2D eigenvalue weighted by molar-refractivity contribution is 0.179. The van der Waals surface area contributed by atoms with Crippen molar-refractivity contribution in [2.45, 2.75) is 12.5 Å². The van der Waals surface area contributed by atoms with Gasteiger partial charge in [-0.3, -0.25) is 0 Å².